The van der Waals surface area contributed by atoms with Crippen LogP contribution in [0.1, 0.15) is 6.42 Å². The van der Waals surface area contributed by atoms with E-state index in [2.05, 4.69) is 17.1 Å². The molecule has 1 aliphatic heterocycles. The van der Waals surface area contributed by atoms with Crippen LogP contribution in [0.4, 0.5) is 0 Å². The van der Waals surface area contributed by atoms with Crippen LogP contribution in [0.5, 0.6) is 0 Å². The van der Waals surface area contributed by atoms with Crippen molar-refractivity contribution < 1.29 is 4.79 Å². The standard InChI is InChI=1S/C6H8N2O/c1-2-3-5-4-7-8-6(5)9/h2,4-5H,1,3H2,(H,8,9). The molecular formula is C6H8N2O. The first kappa shape index (κ1) is 6.01. The predicted molar refractivity (Wildman–Crippen MR) is 34.9 cm³/mol. The highest BCUT2D eigenvalue weighted by molar-refractivity contribution is 5.97. The van der Waals surface area contributed by atoms with E-state index in [1.54, 1.807) is 12.3 Å². The molecule has 0 saturated heterocycles. The number of nitrogens with one attached hydrogen (secondary N) is 1. The van der Waals surface area contributed by atoms with Crippen LogP contribution >= 0.6 is 0 Å². The van der Waals surface area contributed by atoms with Crippen molar-refractivity contribution in [1.29, 1.82) is 0 Å². The molecule has 0 fully saturated rings. The summed E-state index contributed by atoms with van der Waals surface area (Å²) < 4.78 is 0. The third-order valence-corrected chi connectivity index (χ3v) is 1.19. The first-order chi connectivity index (χ1) is 4.34. The summed E-state index contributed by atoms with van der Waals surface area (Å²) in [5.41, 5.74) is 2.34. The van der Waals surface area contributed by atoms with Crippen molar-refractivity contribution in [2.45, 2.75) is 6.42 Å². The number of hydrazone groups is 1. The predicted octanol–water partition coefficient (Wildman–Crippen LogP) is 0.294. The van der Waals surface area contributed by atoms with E-state index >= 15 is 0 Å². The molecule has 9 heavy (non-hydrogen) atoms. The second-order valence-electron chi connectivity index (χ2n) is 1.89. The lowest BCUT2D eigenvalue weighted by atomic mass is 10.1. The number of hydrogen-bond acceptors (Lipinski definition) is 2. The fraction of sp³-hybridized carbons (Fsp3) is 0.333. The Morgan fingerprint density at radius 2 is 2.78 bits per heavy atom. The monoisotopic (exact) mass is 124 g/mol. The van der Waals surface area contributed by atoms with Gasteiger partial charge in [0.15, 0.2) is 0 Å². The third-order valence-electron chi connectivity index (χ3n) is 1.19. The number of hydrogen-bond donors (Lipinski definition) is 1. The smallest absolute Gasteiger partial charge is 0.248 e. The summed E-state index contributed by atoms with van der Waals surface area (Å²) in [6, 6.07) is 0. The summed E-state index contributed by atoms with van der Waals surface area (Å²) >= 11 is 0. The lowest BCUT2D eigenvalue weighted by Gasteiger charge is -1.95. The highest BCUT2D eigenvalue weighted by atomic mass is 16.2. The summed E-state index contributed by atoms with van der Waals surface area (Å²) in [7, 11) is 0. The number of carbonyl (C=O) groups is 1. The Kier molecular flexibility index (Phi) is 1.63. The lowest BCUT2D eigenvalue weighted by molar-refractivity contribution is -0.121. The van der Waals surface area contributed by atoms with Crippen LogP contribution < -0.4 is 5.43 Å². The van der Waals surface area contributed by atoms with Gasteiger partial charge in [-0.15, -0.1) is 6.58 Å². The van der Waals surface area contributed by atoms with Crippen molar-refractivity contribution in [3.05, 3.63) is 12.7 Å². The van der Waals surface area contributed by atoms with Crippen LogP contribution in [0, 0.1) is 5.92 Å². The van der Waals surface area contributed by atoms with Gasteiger partial charge in [-0.1, -0.05) is 6.08 Å². The van der Waals surface area contributed by atoms with E-state index in [0.29, 0.717) is 6.42 Å². The van der Waals surface area contributed by atoms with Gasteiger partial charge in [-0.3, -0.25) is 4.79 Å². The first-order valence-electron chi connectivity index (χ1n) is 2.78. The maximum absolute atomic E-state index is 10.7. The Morgan fingerprint density at radius 3 is 3.22 bits per heavy atom. The van der Waals surface area contributed by atoms with Crippen molar-refractivity contribution >= 4 is 12.1 Å². The maximum Gasteiger partial charge on any atom is 0.248 e. The van der Waals surface area contributed by atoms with Crippen molar-refractivity contribution in [2.24, 2.45) is 11.0 Å². The van der Waals surface area contributed by atoms with E-state index in [0.717, 1.165) is 0 Å². The number of rotatable bonds is 2. The van der Waals surface area contributed by atoms with Gasteiger partial charge in [0.2, 0.25) is 5.91 Å². The van der Waals surface area contributed by atoms with Gasteiger partial charge in [-0.05, 0) is 6.42 Å². The zero-order valence-electron chi connectivity index (χ0n) is 5.00. The minimum atomic E-state index is -0.0810. The van der Waals surface area contributed by atoms with E-state index < -0.39 is 0 Å². The van der Waals surface area contributed by atoms with Gasteiger partial charge in [-0.2, -0.15) is 5.10 Å². The minimum Gasteiger partial charge on any atom is -0.272 e. The summed E-state index contributed by atoms with van der Waals surface area (Å²) in [5, 5.41) is 3.59. The molecule has 1 heterocycles. The molecule has 1 rings (SSSR count). The van der Waals surface area contributed by atoms with Gasteiger partial charge in [0.25, 0.3) is 0 Å². The van der Waals surface area contributed by atoms with E-state index in [-0.39, 0.29) is 11.8 Å². The van der Waals surface area contributed by atoms with Crippen molar-refractivity contribution in [1.82, 2.24) is 5.43 Å². The Balaban J connectivity index is 2.48. The number of carbonyl (C=O) groups excluding carboxylic acids is 1. The van der Waals surface area contributed by atoms with Crippen LogP contribution in [0.3, 0.4) is 0 Å². The molecule has 0 spiro atoms. The van der Waals surface area contributed by atoms with E-state index in [9.17, 15) is 4.79 Å². The van der Waals surface area contributed by atoms with E-state index in [1.165, 1.54) is 0 Å². The Morgan fingerprint density at radius 1 is 2.00 bits per heavy atom. The molecule has 0 saturated carbocycles. The van der Waals surface area contributed by atoms with Crippen LogP contribution in [0.15, 0.2) is 17.8 Å². The minimum absolute atomic E-state index is 0.0325. The van der Waals surface area contributed by atoms with Gasteiger partial charge in [0, 0.05) is 6.21 Å². The maximum atomic E-state index is 10.7. The molecule has 0 radical (unpaired) electrons. The van der Waals surface area contributed by atoms with Crippen LogP contribution in [0.25, 0.3) is 0 Å². The molecule has 48 valence electrons. The molecule has 0 aromatic carbocycles. The lowest BCUT2D eigenvalue weighted by Crippen LogP contribution is -2.18. The molecule has 0 aromatic heterocycles. The molecular weight excluding hydrogens is 116 g/mol. The van der Waals surface area contributed by atoms with Crippen molar-refractivity contribution in [3.63, 3.8) is 0 Å². The molecule has 0 aliphatic carbocycles. The second kappa shape index (κ2) is 2.44. The molecule has 3 nitrogen and oxygen atoms in total. The molecule has 1 unspecified atom stereocenters. The summed E-state index contributed by atoms with van der Waals surface area (Å²) in [6.07, 6.45) is 3.99. The van der Waals surface area contributed by atoms with Gasteiger partial charge < -0.3 is 0 Å². The molecule has 0 aromatic rings. The van der Waals surface area contributed by atoms with Crippen molar-refractivity contribution in [2.75, 3.05) is 0 Å². The highest BCUT2D eigenvalue weighted by Gasteiger charge is 2.17. The summed E-state index contributed by atoms with van der Waals surface area (Å²) in [5.74, 6) is -0.114. The van der Waals surface area contributed by atoms with Gasteiger partial charge in [-0.25, -0.2) is 5.43 Å². The van der Waals surface area contributed by atoms with Crippen molar-refractivity contribution in [3.8, 4) is 0 Å². The van der Waals surface area contributed by atoms with Crippen LogP contribution in [0.2, 0.25) is 0 Å². The zero-order chi connectivity index (χ0) is 6.69. The Labute approximate surface area is 53.4 Å². The third kappa shape index (κ3) is 1.16. The number of allylic oxidation sites excluding steroid dienone is 1. The first-order valence-corrected chi connectivity index (χ1v) is 2.78. The highest BCUT2D eigenvalue weighted by Crippen LogP contribution is 2.04. The Hall–Kier alpha value is -1.12. The Bertz CT molecular complexity index is 162. The number of nitrogens with zero attached hydrogens (tertiary/aromatic N) is 1. The van der Waals surface area contributed by atoms with Gasteiger partial charge >= 0.3 is 0 Å². The largest absolute Gasteiger partial charge is 0.272 e. The average Bonchev–Trinajstić information content (AvgIpc) is 2.18. The molecule has 1 aliphatic rings. The quantitative estimate of drug-likeness (QED) is 0.528. The van der Waals surface area contributed by atoms with E-state index in [4.69, 9.17) is 0 Å². The number of amides is 1. The van der Waals surface area contributed by atoms with E-state index in [1.807, 2.05) is 0 Å². The van der Waals surface area contributed by atoms with Crippen LogP contribution in [-0.4, -0.2) is 12.1 Å². The SMILES string of the molecule is C=CCC1C=NNC1=O. The van der Waals surface area contributed by atoms with Gasteiger partial charge in [0.1, 0.15) is 0 Å². The molecule has 0 bridgehead atoms. The van der Waals surface area contributed by atoms with Crippen LogP contribution in [-0.2, 0) is 4.79 Å². The van der Waals surface area contributed by atoms with Gasteiger partial charge in [0.05, 0.1) is 5.92 Å². The fourth-order valence-corrected chi connectivity index (χ4v) is 0.689. The normalized spacial score (nSPS) is 24.0. The summed E-state index contributed by atoms with van der Waals surface area (Å²) in [6.45, 7) is 3.52. The molecule has 1 N–H and O–H groups in total. The zero-order valence-corrected chi connectivity index (χ0v) is 5.00. The summed E-state index contributed by atoms with van der Waals surface area (Å²) in [4.78, 5) is 10.7. The topological polar surface area (TPSA) is 41.5 Å². The molecule has 3 heteroatoms. The molecule has 1 amide bonds. The molecule has 1 atom stereocenters. The average molecular weight is 124 g/mol. The fourth-order valence-electron chi connectivity index (χ4n) is 0.689. The second-order valence-corrected chi connectivity index (χ2v) is 1.89.